The molecule has 4 nitrogen and oxygen atoms in total. The van der Waals surface area contributed by atoms with Gasteiger partial charge in [-0.05, 0) is 31.1 Å². The number of carbonyl (C=O) groups is 2. The first-order valence-electron chi connectivity index (χ1n) is 8.80. The first-order valence-corrected chi connectivity index (χ1v) is 9.18. The molecule has 5 heteroatoms. The summed E-state index contributed by atoms with van der Waals surface area (Å²) in [6.45, 7) is 0. The van der Waals surface area contributed by atoms with Crippen LogP contribution >= 0.6 is 11.6 Å². The minimum absolute atomic E-state index is 0.0100. The highest BCUT2D eigenvalue weighted by Gasteiger charge is 2.27. The summed E-state index contributed by atoms with van der Waals surface area (Å²) < 4.78 is 5.47. The summed E-state index contributed by atoms with van der Waals surface area (Å²) in [4.78, 5) is 22.7. The van der Waals surface area contributed by atoms with Gasteiger partial charge in [-0.2, -0.15) is 0 Å². The summed E-state index contributed by atoms with van der Waals surface area (Å²) >= 11 is 6.01. The maximum atomic E-state index is 12.2. The molecule has 0 saturated carbocycles. The van der Waals surface area contributed by atoms with E-state index in [0.29, 0.717) is 12.0 Å². The Labute approximate surface area is 158 Å². The quantitative estimate of drug-likeness (QED) is 0.345. The number of hydrogen-bond acceptors (Lipinski definition) is 3. The Kier molecular flexibility index (Phi) is 8.16. The van der Waals surface area contributed by atoms with Gasteiger partial charge in [0.2, 0.25) is 5.78 Å². The van der Waals surface area contributed by atoms with Crippen molar-refractivity contribution >= 4 is 23.4 Å². The minimum Gasteiger partial charge on any atom is -0.481 e. The number of rotatable bonds is 10. The Bertz CT molecular complexity index is 704. The van der Waals surface area contributed by atoms with Crippen LogP contribution in [0.25, 0.3) is 0 Å². The molecule has 0 spiro atoms. The normalized spacial score (nSPS) is 18.5. The molecule has 2 rings (SSSR count). The number of carbonyl (C=O) groups excluding carboxylic acids is 1. The fraction of sp³-hybridized carbons (Fsp3) is 0.333. The van der Waals surface area contributed by atoms with Crippen LogP contribution in [0.2, 0.25) is 0 Å². The molecule has 1 atom stereocenters. The molecule has 0 saturated heterocycles. The zero-order valence-corrected chi connectivity index (χ0v) is 15.3. The predicted octanol–water partition coefficient (Wildman–Crippen LogP) is 5.25. The lowest BCUT2D eigenvalue weighted by atomic mass is 9.95. The largest absolute Gasteiger partial charge is 0.481 e. The number of unbranched alkanes of at least 4 members (excludes halogenated alkanes) is 3. The van der Waals surface area contributed by atoms with Crippen molar-refractivity contribution in [3.8, 4) is 5.75 Å². The molecular formula is C21H23ClO4. The number of ketones is 1. The van der Waals surface area contributed by atoms with Crippen molar-refractivity contribution in [3.05, 3.63) is 65.4 Å². The Hall–Kier alpha value is -2.33. The summed E-state index contributed by atoms with van der Waals surface area (Å²) in [5.74, 6) is -0.146. The molecule has 0 aromatic heterocycles. The number of aliphatic carboxylic acids is 1. The average Bonchev–Trinajstić information content (AvgIpc) is 2.89. The van der Waals surface area contributed by atoms with E-state index in [9.17, 15) is 9.59 Å². The van der Waals surface area contributed by atoms with Crippen molar-refractivity contribution in [3.63, 3.8) is 0 Å². The smallest absolute Gasteiger partial charge is 0.303 e. The van der Waals surface area contributed by atoms with Gasteiger partial charge in [0.25, 0.3) is 0 Å². The van der Waals surface area contributed by atoms with Crippen LogP contribution in [0.3, 0.4) is 0 Å². The van der Waals surface area contributed by atoms with Crippen molar-refractivity contribution in [2.75, 3.05) is 0 Å². The highest BCUT2D eigenvalue weighted by molar-refractivity contribution is 6.46. The van der Waals surface area contributed by atoms with Crippen LogP contribution < -0.4 is 4.74 Å². The molecule has 1 aromatic rings. The van der Waals surface area contributed by atoms with Crippen LogP contribution in [-0.4, -0.2) is 16.9 Å². The van der Waals surface area contributed by atoms with Crippen LogP contribution in [0.1, 0.15) is 38.5 Å². The maximum Gasteiger partial charge on any atom is 0.303 e. The van der Waals surface area contributed by atoms with Crippen molar-refractivity contribution in [1.82, 2.24) is 0 Å². The van der Waals surface area contributed by atoms with E-state index in [1.54, 1.807) is 24.5 Å². The lowest BCUT2D eigenvalue weighted by Crippen LogP contribution is -2.03. The first-order chi connectivity index (χ1) is 12.6. The van der Waals surface area contributed by atoms with Crippen LogP contribution in [0.5, 0.6) is 5.75 Å². The molecule has 1 N–H and O–H groups in total. The zero-order chi connectivity index (χ0) is 18.8. The number of allylic oxidation sites excluding steroid dienone is 5. The fourth-order valence-electron chi connectivity index (χ4n) is 2.84. The molecule has 1 aliphatic rings. The number of carboxylic acids is 1. The standard InChI is InChI=1S/C21H23ClO4/c22-19-15-16(9-4-1-2-7-13-20(23)24)18(21(19)25)12-8-14-26-17-10-5-3-6-11-17/h3,5-6,8,10-12,14-16H,1-2,4,7,9,13H2,(H,23,24)/b14-8+,18-12-. The van der Waals surface area contributed by atoms with Crippen molar-refractivity contribution in [2.45, 2.75) is 38.5 Å². The number of hydrogen-bond donors (Lipinski definition) is 1. The third kappa shape index (κ3) is 6.52. The summed E-state index contributed by atoms with van der Waals surface area (Å²) in [5.41, 5.74) is 0.674. The van der Waals surface area contributed by atoms with E-state index in [2.05, 4.69) is 0 Å². The fourth-order valence-corrected chi connectivity index (χ4v) is 3.10. The summed E-state index contributed by atoms with van der Waals surface area (Å²) in [6.07, 6.45) is 11.3. The van der Waals surface area contributed by atoms with E-state index >= 15 is 0 Å². The Morgan fingerprint density at radius 1 is 1.15 bits per heavy atom. The lowest BCUT2D eigenvalue weighted by Gasteiger charge is -2.09. The van der Waals surface area contributed by atoms with E-state index in [4.69, 9.17) is 21.4 Å². The maximum absolute atomic E-state index is 12.2. The number of benzene rings is 1. The zero-order valence-electron chi connectivity index (χ0n) is 14.6. The molecule has 1 aromatic carbocycles. The monoisotopic (exact) mass is 374 g/mol. The minimum atomic E-state index is -0.754. The number of Topliss-reactive ketones (excluding diaryl/α,β-unsaturated/α-hetero) is 1. The van der Waals surface area contributed by atoms with Gasteiger partial charge in [-0.15, -0.1) is 0 Å². The summed E-state index contributed by atoms with van der Waals surface area (Å²) in [5, 5.41) is 8.90. The van der Waals surface area contributed by atoms with Crippen molar-refractivity contribution in [1.29, 1.82) is 0 Å². The van der Waals surface area contributed by atoms with Crippen LogP contribution in [-0.2, 0) is 9.59 Å². The molecule has 0 aliphatic heterocycles. The molecule has 0 heterocycles. The van der Waals surface area contributed by atoms with Gasteiger partial charge in [0.05, 0.1) is 11.3 Å². The van der Waals surface area contributed by atoms with E-state index < -0.39 is 5.97 Å². The Balaban J connectivity index is 1.82. The summed E-state index contributed by atoms with van der Waals surface area (Å²) in [7, 11) is 0. The van der Waals surface area contributed by atoms with E-state index in [-0.39, 0.29) is 23.2 Å². The van der Waals surface area contributed by atoms with Gasteiger partial charge in [0.1, 0.15) is 5.75 Å². The molecule has 138 valence electrons. The molecule has 0 bridgehead atoms. The molecule has 1 unspecified atom stereocenters. The van der Waals surface area contributed by atoms with Crippen LogP contribution in [0.15, 0.2) is 65.4 Å². The number of para-hydroxylation sites is 1. The molecule has 1 aliphatic carbocycles. The highest BCUT2D eigenvalue weighted by Crippen LogP contribution is 2.33. The van der Waals surface area contributed by atoms with E-state index in [1.807, 2.05) is 30.3 Å². The lowest BCUT2D eigenvalue weighted by molar-refractivity contribution is -0.137. The van der Waals surface area contributed by atoms with Gasteiger partial charge in [0.15, 0.2) is 0 Å². The molecular weight excluding hydrogens is 352 g/mol. The molecule has 0 fully saturated rings. The van der Waals surface area contributed by atoms with E-state index in [1.165, 1.54) is 0 Å². The van der Waals surface area contributed by atoms with Crippen molar-refractivity contribution < 1.29 is 19.4 Å². The second kappa shape index (κ2) is 10.6. The summed E-state index contributed by atoms with van der Waals surface area (Å²) in [6, 6.07) is 9.39. The van der Waals surface area contributed by atoms with Crippen LogP contribution in [0.4, 0.5) is 0 Å². The van der Waals surface area contributed by atoms with Crippen molar-refractivity contribution in [2.24, 2.45) is 5.92 Å². The first kappa shape index (κ1) is 20.0. The van der Waals surface area contributed by atoms with E-state index in [0.717, 1.165) is 31.4 Å². The molecule has 0 radical (unpaired) electrons. The second-order valence-corrected chi connectivity index (χ2v) is 6.59. The Morgan fingerprint density at radius 2 is 1.88 bits per heavy atom. The number of halogens is 1. The Morgan fingerprint density at radius 3 is 2.62 bits per heavy atom. The van der Waals surface area contributed by atoms with Gasteiger partial charge in [-0.3, -0.25) is 9.59 Å². The SMILES string of the molecule is O=C(O)CCCCCCC1C=C(Cl)C(=O)/C1=C\C=C\Oc1ccccc1. The number of ether oxygens (including phenoxy) is 1. The highest BCUT2D eigenvalue weighted by atomic mass is 35.5. The third-order valence-electron chi connectivity index (χ3n) is 4.18. The van der Waals surface area contributed by atoms with Crippen LogP contribution in [0, 0.1) is 5.92 Å². The van der Waals surface area contributed by atoms with Gasteiger partial charge < -0.3 is 9.84 Å². The number of carboxylic acid groups (broad SMARTS) is 1. The average molecular weight is 375 g/mol. The molecule has 0 amide bonds. The molecule has 26 heavy (non-hydrogen) atoms. The second-order valence-electron chi connectivity index (χ2n) is 6.18. The third-order valence-corrected chi connectivity index (χ3v) is 4.48. The predicted molar refractivity (Wildman–Crippen MR) is 102 cm³/mol. The van der Waals surface area contributed by atoms with Gasteiger partial charge in [-0.1, -0.05) is 61.2 Å². The van der Waals surface area contributed by atoms with Gasteiger partial charge in [0, 0.05) is 17.9 Å². The topological polar surface area (TPSA) is 63.6 Å². The van der Waals surface area contributed by atoms with Gasteiger partial charge >= 0.3 is 5.97 Å². The van der Waals surface area contributed by atoms with Gasteiger partial charge in [-0.25, -0.2) is 0 Å².